The molecule has 1 aliphatic rings. The number of rotatable bonds is 2. The van der Waals surface area contributed by atoms with Crippen LogP contribution in [0.4, 0.5) is 0 Å². The summed E-state index contributed by atoms with van der Waals surface area (Å²) < 4.78 is 2.22. The highest BCUT2D eigenvalue weighted by Gasteiger charge is 2.10. The summed E-state index contributed by atoms with van der Waals surface area (Å²) in [4.78, 5) is 0. The van der Waals surface area contributed by atoms with E-state index in [0.717, 1.165) is 5.92 Å². The average Bonchev–Trinajstić information content (AvgIpc) is 2.75. The maximum Gasteiger partial charge on any atom is 0.0483 e. The topological polar surface area (TPSA) is 4.93 Å². The highest BCUT2D eigenvalue weighted by atomic mass is 14.9. The molecule has 0 aliphatic heterocycles. The predicted molar refractivity (Wildman–Crippen MR) is 78.5 cm³/mol. The lowest BCUT2D eigenvalue weighted by Gasteiger charge is -2.17. The minimum atomic E-state index is 0.803. The average molecular weight is 239 g/mol. The predicted octanol–water partition coefficient (Wildman–Crippen LogP) is 4.77. The Balaban J connectivity index is 1.88. The molecular weight excluding hydrogens is 218 g/mol. The van der Waals surface area contributed by atoms with Crippen LogP contribution < -0.4 is 0 Å². The molecule has 18 heavy (non-hydrogen) atoms. The van der Waals surface area contributed by atoms with Crippen molar-refractivity contribution < 1.29 is 0 Å². The zero-order chi connectivity index (χ0) is 12.4. The van der Waals surface area contributed by atoms with Crippen molar-refractivity contribution in [2.75, 3.05) is 0 Å². The second-order valence-electron chi connectivity index (χ2n) is 5.47. The van der Waals surface area contributed by atoms with Gasteiger partial charge in [0.25, 0.3) is 0 Å². The second kappa shape index (κ2) is 5.01. The van der Waals surface area contributed by atoms with Crippen molar-refractivity contribution in [2.24, 2.45) is 13.0 Å². The highest BCUT2D eigenvalue weighted by molar-refractivity contribution is 5.89. The van der Waals surface area contributed by atoms with Crippen molar-refractivity contribution in [3.63, 3.8) is 0 Å². The van der Waals surface area contributed by atoms with Gasteiger partial charge in [-0.2, -0.15) is 0 Å². The van der Waals surface area contributed by atoms with E-state index >= 15 is 0 Å². The molecule has 1 aromatic heterocycles. The van der Waals surface area contributed by atoms with Gasteiger partial charge in [0.05, 0.1) is 0 Å². The second-order valence-corrected chi connectivity index (χ2v) is 5.47. The van der Waals surface area contributed by atoms with E-state index in [1.54, 1.807) is 0 Å². The first kappa shape index (κ1) is 11.6. The van der Waals surface area contributed by atoms with E-state index in [-0.39, 0.29) is 0 Å². The lowest BCUT2D eigenvalue weighted by molar-refractivity contribution is 0.420. The monoisotopic (exact) mass is 239 g/mol. The van der Waals surface area contributed by atoms with Crippen molar-refractivity contribution in [1.29, 1.82) is 0 Å². The van der Waals surface area contributed by atoms with Crippen LogP contribution in [0, 0.1) is 5.92 Å². The first-order chi connectivity index (χ1) is 8.84. The van der Waals surface area contributed by atoms with Gasteiger partial charge >= 0.3 is 0 Å². The van der Waals surface area contributed by atoms with Crippen LogP contribution in [0.25, 0.3) is 17.0 Å². The van der Waals surface area contributed by atoms with Gasteiger partial charge in [-0.05, 0) is 30.4 Å². The molecule has 0 spiro atoms. The first-order valence-corrected chi connectivity index (χ1v) is 7.07. The van der Waals surface area contributed by atoms with Crippen LogP contribution in [0.3, 0.4) is 0 Å². The summed E-state index contributed by atoms with van der Waals surface area (Å²) in [5, 5.41) is 1.37. The lowest BCUT2D eigenvalue weighted by atomic mass is 9.89. The molecule has 0 bridgehead atoms. The lowest BCUT2D eigenvalue weighted by Crippen LogP contribution is -2.02. The summed E-state index contributed by atoms with van der Waals surface area (Å²) in [6.45, 7) is 0. The molecule has 3 rings (SSSR count). The third kappa shape index (κ3) is 2.22. The third-order valence-electron chi connectivity index (χ3n) is 4.13. The van der Waals surface area contributed by atoms with E-state index in [1.807, 2.05) is 0 Å². The van der Waals surface area contributed by atoms with E-state index in [1.165, 1.54) is 48.6 Å². The van der Waals surface area contributed by atoms with Gasteiger partial charge in [0.15, 0.2) is 0 Å². The summed E-state index contributed by atoms with van der Waals surface area (Å²) in [6, 6.07) is 8.64. The maximum absolute atomic E-state index is 2.43. The third-order valence-corrected chi connectivity index (χ3v) is 4.13. The molecule has 94 valence electrons. The van der Waals surface area contributed by atoms with Gasteiger partial charge in [0, 0.05) is 24.1 Å². The van der Waals surface area contributed by atoms with E-state index in [9.17, 15) is 0 Å². The fraction of sp³-hybridized carbons (Fsp3) is 0.412. The zero-order valence-corrected chi connectivity index (χ0v) is 11.1. The molecule has 1 nitrogen and oxygen atoms in total. The Morgan fingerprint density at radius 2 is 1.89 bits per heavy atom. The normalized spacial score (nSPS) is 17.8. The number of allylic oxidation sites excluding steroid dienone is 1. The maximum atomic E-state index is 2.43. The number of fused-ring (bicyclic) bond motifs is 1. The smallest absolute Gasteiger partial charge is 0.0483 e. The standard InChI is InChI=1S/C17H21N/c1-18-13-15(16-9-5-6-10-17(16)18)12-11-14-7-3-2-4-8-14/h5-6,9-14H,2-4,7-8H2,1H3/b12-11+. The van der Waals surface area contributed by atoms with E-state index < -0.39 is 0 Å². The Kier molecular flexibility index (Phi) is 3.22. The molecule has 1 fully saturated rings. The molecule has 0 amide bonds. The Hall–Kier alpha value is -1.50. The fourth-order valence-corrected chi connectivity index (χ4v) is 3.07. The number of aryl methyl sites for hydroxylation is 1. The molecule has 0 N–H and O–H groups in total. The van der Waals surface area contributed by atoms with E-state index in [0.29, 0.717) is 0 Å². The number of hydrogen-bond donors (Lipinski definition) is 0. The summed E-state index contributed by atoms with van der Waals surface area (Å²) in [6.07, 6.45) is 14.0. The van der Waals surface area contributed by atoms with Crippen molar-refractivity contribution >= 4 is 17.0 Å². The van der Waals surface area contributed by atoms with Gasteiger partial charge in [-0.25, -0.2) is 0 Å². The quantitative estimate of drug-likeness (QED) is 0.711. The first-order valence-electron chi connectivity index (χ1n) is 7.07. The van der Waals surface area contributed by atoms with Crippen molar-refractivity contribution in [3.8, 4) is 0 Å². The van der Waals surface area contributed by atoms with Gasteiger partial charge in [-0.15, -0.1) is 0 Å². The van der Waals surface area contributed by atoms with Crippen LogP contribution in [0.2, 0.25) is 0 Å². The number of benzene rings is 1. The van der Waals surface area contributed by atoms with Gasteiger partial charge in [-0.3, -0.25) is 0 Å². The van der Waals surface area contributed by atoms with Crippen LogP contribution >= 0.6 is 0 Å². The largest absolute Gasteiger partial charge is 0.350 e. The van der Waals surface area contributed by atoms with Crippen LogP contribution in [0.5, 0.6) is 0 Å². The minimum Gasteiger partial charge on any atom is -0.350 e. The molecule has 0 unspecified atom stereocenters. The van der Waals surface area contributed by atoms with Crippen molar-refractivity contribution in [3.05, 3.63) is 42.1 Å². The molecule has 0 radical (unpaired) electrons. The Morgan fingerprint density at radius 1 is 1.11 bits per heavy atom. The Bertz CT molecular complexity index is 556. The van der Waals surface area contributed by atoms with Crippen LogP contribution in [-0.4, -0.2) is 4.57 Å². The van der Waals surface area contributed by atoms with Gasteiger partial charge in [0.2, 0.25) is 0 Å². The van der Waals surface area contributed by atoms with Gasteiger partial charge < -0.3 is 4.57 Å². The number of hydrogen-bond acceptors (Lipinski definition) is 0. The SMILES string of the molecule is Cn1cc(/C=C/C2CCCCC2)c2ccccc21. The summed E-state index contributed by atoms with van der Waals surface area (Å²) in [7, 11) is 2.13. The van der Waals surface area contributed by atoms with Crippen LogP contribution in [-0.2, 0) is 7.05 Å². The number of aromatic nitrogens is 1. The van der Waals surface area contributed by atoms with E-state index in [4.69, 9.17) is 0 Å². The van der Waals surface area contributed by atoms with Gasteiger partial charge in [0.1, 0.15) is 0 Å². The van der Waals surface area contributed by atoms with Crippen LogP contribution in [0.1, 0.15) is 37.7 Å². The molecule has 0 saturated heterocycles. The summed E-state index contributed by atoms with van der Waals surface area (Å²) in [5.74, 6) is 0.803. The minimum absolute atomic E-state index is 0.803. The van der Waals surface area contributed by atoms with Crippen molar-refractivity contribution in [2.45, 2.75) is 32.1 Å². The molecule has 0 atom stereocenters. The molecule has 1 saturated carbocycles. The Labute approximate surface area is 109 Å². The molecule has 1 heterocycles. The van der Waals surface area contributed by atoms with Gasteiger partial charge in [-0.1, -0.05) is 49.6 Å². The van der Waals surface area contributed by atoms with E-state index in [2.05, 4.69) is 54.2 Å². The number of nitrogens with zero attached hydrogens (tertiary/aromatic N) is 1. The summed E-state index contributed by atoms with van der Waals surface area (Å²) >= 11 is 0. The zero-order valence-electron chi connectivity index (χ0n) is 11.1. The fourth-order valence-electron chi connectivity index (χ4n) is 3.07. The number of para-hydroxylation sites is 1. The molecule has 1 aromatic carbocycles. The highest BCUT2D eigenvalue weighted by Crippen LogP contribution is 2.27. The molecule has 1 heteroatoms. The molecule has 2 aromatic rings. The van der Waals surface area contributed by atoms with Crippen molar-refractivity contribution in [1.82, 2.24) is 4.57 Å². The van der Waals surface area contributed by atoms with Crippen LogP contribution in [0.15, 0.2) is 36.5 Å². The summed E-state index contributed by atoms with van der Waals surface area (Å²) in [5.41, 5.74) is 2.68. The molecule has 1 aliphatic carbocycles. The molecular formula is C17H21N. The Morgan fingerprint density at radius 3 is 2.72 bits per heavy atom.